The van der Waals surface area contributed by atoms with Crippen molar-refractivity contribution in [2.75, 3.05) is 13.2 Å². The van der Waals surface area contributed by atoms with E-state index < -0.39 is 0 Å². The summed E-state index contributed by atoms with van der Waals surface area (Å²) < 4.78 is 26.4. The van der Waals surface area contributed by atoms with Crippen molar-refractivity contribution in [3.63, 3.8) is 0 Å². The molecule has 0 fully saturated rings. The number of hydrogen-bond donors (Lipinski definition) is 0. The van der Waals surface area contributed by atoms with Crippen LogP contribution in [0.3, 0.4) is 0 Å². The molecule has 1 aliphatic rings. The molecule has 0 saturated heterocycles. The lowest BCUT2D eigenvalue weighted by atomic mass is 10.2. The van der Waals surface area contributed by atoms with Crippen molar-refractivity contribution in [2.24, 2.45) is 0 Å². The molecule has 6 heterocycles. The fourth-order valence-electron chi connectivity index (χ4n) is 3.84. The minimum Gasteiger partial charge on any atom is -0.484 e. The van der Waals surface area contributed by atoms with Gasteiger partial charge in [-0.3, -0.25) is 0 Å². The summed E-state index contributed by atoms with van der Waals surface area (Å²) >= 11 is 4.67. The molecule has 0 aliphatic carbocycles. The fourth-order valence-corrected chi connectivity index (χ4v) is 6.98. The van der Waals surface area contributed by atoms with Crippen LogP contribution in [0.2, 0.25) is 0 Å². The second kappa shape index (κ2) is 8.47. The average Bonchev–Trinajstić information content (AvgIpc) is 3.63. The van der Waals surface area contributed by atoms with Crippen molar-refractivity contribution in [1.82, 2.24) is 0 Å². The van der Waals surface area contributed by atoms with Crippen LogP contribution in [0.4, 0.5) is 0 Å². The summed E-state index contributed by atoms with van der Waals surface area (Å²) in [5.41, 5.74) is 2.85. The molecule has 0 unspecified atom stereocenters. The molecule has 5 aromatic heterocycles. The third-order valence-corrected chi connectivity index (χ3v) is 8.57. The van der Waals surface area contributed by atoms with Crippen molar-refractivity contribution < 1.29 is 18.3 Å². The van der Waals surface area contributed by atoms with E-state index in [0.29, 0.717) is 47.4 Å². The highest BCUT2D eigenvalue weighted by molar-refractivity contribution is 7.21. The van der Waals surface area contributed by atoms with Gasteiger partial charge in [0.25, 0.3) is 0 Å². The van der Waals surface area contributed by atoms with Gasteiger partial charge in [-0.25, -0.2) is 0 Å². The maximum atomic E-state index is 9.03. The molecule has 6 rings (SSSR count). The van der Waals surface area contributed by atoms with E-state index in [1.165, 1.54) is 11.3 Å². The summed E-state index contributed by atoms with van der Waals surface area (Å²) in [4.78, 5) is 3.67. The van der Waals surface area contributed by atoms with Crippen molar-refractivity contribution in [2.45, 2.75) is 13.8 Å². The lowest BCUT2D eigenvalue weighted by molar-refractivity contribution is 0.174. The first-order valence-electron chi connectivity index (χ1n) is 10.7. The van der Waals surface area contributed by atoms with Crippen LogP contribution >= 0.6 is 34.0 Å². The monoisotopic (exact) mass is 516 g/mol. The maximum absolute atomic E-state index is 9.03. The minimum absolute atomic E-state index is 0.467. The van der Waals surface area contributed by atoms with Gasteiger partial charge in [0.1, 0.15) is 45.7 Å². The quantitative estimate of drug-likeness (QED) is 0.223. The van der Waals surface area contributed by atoms with E-state index >= 15 is 0 Å². The molecule has 9 heteroatoms. The Hall–Kier alpha value is -3.76. The zero-order valence-electron chi connectivity index (χ0n) is 18.6. The zero-order chi connectivity index (χ0) is 24.1. The first-order chi connectivity index (χ1) is 17.0. The summed E-state index contributed by atoms with van der Waals surface area (Å²) in [6.45, 7) is 4.50. The number of thiophene rings is 3. The standard InChI is InChI=1S/C26H16N2O4S3/c1-13(11-27)5-15-7-17-21(33-15)9-19(31-17)25-23-24(30-4-3-29-23)26(35-25)20-10-22-18(32-20)8-16(34-22)6-14(2)12-28/h5-10H,3-4H2,1-2H3/b13-5-,14-6-. The van der Waals surface area contributed by atoms with E-state index in [2.05, 4.69) is 12.1 Å². The third kappa shape index (κ3) is 3.84. The minimum atomic E-state index is 0.467. The molecular formula is C26H16N2O4S3. The predicted octanol–water partition coefficient (Wildman–Crippen LogP) is 8.32. The first-order valence-corrected chi connectivity index (χ1v) is 13.1. The van der Waals surface area contributed by atoms with Crippen molar-refractivity contribution >= 4 is 66.7 Å². The second-order valence-corrected chi connectivity index (χ2v) is 11.2. The van der Waals surface area contributed by atoms with E-state index in [1.54, 1.807) is 36.5 Å². The molecule has 0 saturated carbocycles. The third-order valence-electron chi connectivity index (χ3n) is 5.37. The Kier molecular flexibility index (Phi) is 5.27. The van der Waals surface area contributed by atoms with Gasteiger partial charge in [-0.05, 0) is 38.1 Å². The Balaban J connectivity index is 1.40. The molecule has 0 spiro atoms. The summed E-state index contributed by atoms with van der Waals surface area (Å²) in [6.07, 6.45) is 3.71. The van der Waals surface area contributed by atoms with Gasteiger partial charge in [0.2, 0.25) is 0 Å². The van der Waals surface area contributed by atoms with Crippen LogP contribution in [0.15, 0.2) is 44.2 Å². The number of furan rings is 2. The van der Waals surface area contributed by atoms with Gasteiger partial charge in [0, 0.05) is 33.0 Å². The topological polar surface area (TPSA) is 92.3 Å². The molecule has 0 bridgehead atoms. The van der Waals surface area contributed by atoms with Crippen LogP contribution in [-0.4, -0.2) is 13.2 Å². The van der Waals surface area contributed by atoms with E-state index in [-0.39, 0.29) is 0 Å². The van der Waals surface area contributed by atoms with Crippen LogP contribution in [0, 0.1) is 22.7 Å². The number of rotatable bonds is 4. The molecule has 0 N–H and O–H groups in total. The number of nitriles is 2. The Morgan fingerprint density at radius 2 is 1.20 bits per heavy atom. The number of ether oxygens (including phenoxy) is 2. The summed E-state index contributed by atoms with van der Waals surface area (Å²) in [5, 5.41) is 18.1. The Labute approximate surface area is 212 Å². The summed E-state index contributed by atoms with van der Waals surface area (Å²) in [6, 6.07) is 12.2. The molecule has 5 aromatic rings. The van der Waals surface area contributed by atoms with E-state index in [9.17, 15) is 0 Å². The second-order valence-electron chi connectivity index (χ2n) is 7.97. The molecule has 6 nitrogen and oxygen atoms in total. The molecule has 1 aliphatic heterocycles. The van der Waals surface area contributed by atoms with Crippen LogP contribution in [0.5, 0.6) is 11.5 Å². The van der Waals surface area contributed by atoms with Crippen LogP contribution in [-0.2, 0) is 0 Å². The van der Waals surface area contributed by atoms with Gasteiger partial charge >= 0.3 is 0 Å². The van der Waals surface area contributed by atoms with Gasteiger partial charge in [-0.1, -0.05) is 0 Å². The average molecular weight is 517 g/mol. The highest BCUT2D eigenvalue weighted by Crippen LogP contribution is 2.55. The highest BCUT2D eigenvalue weighted by Gasteiger charge is 2.30. The Bertz CT molecular complexity index is 1570. The largest absolute Gasteiger partial charge is 0.484 e. The van der Waals surface area contributed by atoms with E-state index in [4.69, 9.17) is 28.8 Å². The summed E-state index contributed by atoms with van der Waals surface area (Å²) in [5.74, 6) is 2.77. The molecule has 0 aromatic carbocycles. The van der Waals surface area contributed by atoms with E-state index in [1.807, 2.05) is 36.4 Å². The van der Waals surface area contributed by atoms with Gasteiger partial charge in [-0.15, -0.1) is 34.0 Å². The fraction of sp³-hybridized carbons (Fsp3) is 0.154. The van der Waals surface area contributed by atoms with Crippen molar-refractivity contribution in [3.8, 4) is 44.9 Å². The predicted molar refractivity (Wildman–Crippen MR) is 140 cm³/mol. The molecular weight excluding hydrogens is 500 g/mol. The van der Waals surface area contributed by atoms with E-state index in [0.717, 1.165) is 40.1 Å². The number of hydrogen-bond acceptors (Lipinski definition) is 9. The van der Waals surface area contributed by atoms with Crippen LogP contribution < -0.4 is 9.47 Å². The zero-order valence-corrected chi connectivity index (χ0v) is 21.1. The van der Waals surface area contributed by atoms with Crippen molar-refractivity contribution in [3.05, 3.63) is 45.2 Å². The molecule has 172 valence electrons. The molecule has 0 amide bonds. The number of allylic oxidation sites excluding steroid dienone is 2. The smallest absolute Gasteiger partial charge is 0.183 e. The lowest BCUT2D eigenvalue weighted by Gasteiger charge is -2.16. The highest BCUT2D eigenvalue weighted by atomic mass is 32.1. The molecule has 0 atom stereocenters. The lowest BCUT2D eigenvalue weighted by Crippen LogP contribution is -2.14. The van der Waals surface area contributed by atoms with Crippen LogP contribution in [0.25, 0.3) is 54.0 Å². The molecule has 0 radical (unpaired) electrons. The number of fused-ring (bicyclic) bond motifs is 3. The number of nitrogens with zero attached hydrogens (tertiary/aromatic N) is 2. The van der Waals surface area contributed by atoms with Gasteiger partial charge in [0.05, 0.1) is 21.5 Å². The normalized spacial score (nSPS) is 13.9. The summed E-state index contributed by atoms with van der Waals surface area (Å²) in [7, 11) is 0. The van der Waals surface area contributed by atoms with Gasteiger partial charge < -0.3 is 18.3 Å². The SMILES string of the molecule is C/C(C#N)=C/c1cc2oc(-c3sc(-c4cc5sc(/C=C(/C)C#N)cc5o4)c4c3OCCO4)cc2s1. The Morgan fingerprint density at radius 1 is 0.743 bits per heavy atom. The van der Waals surface area contributed by atoms with Crippen molar-refractivity contribution in [1.29, 1.82) is 10.5 Å². The van der Waals surface area contributed by atoms with Crippen LogP contribution in [0.1, 0.15) is 23.6 Å². The Morgan fingerprint density at radius 3 is 1.60 bits per heavy atom. The molecule has 35 heavy (non-hydrogen) atoms. The first kappa shape index (κ1) is 21.8. The van der Waals surface area contributed by atoms with Gasteiger partial charge in [-0.2, -0.15) is 10.5 Å². The van der Waals surface area contributed by atoms with Gasteiger partial charge in [0.15, 0.2) is 11.5 Å². The maximum Gasteiger partial charge on any atom is 0.183 e.